The van der Waals surface area contributed by atoms with E-state index in [1.54, 1.807) is 14.0 Å². The second-order valence-corrected chi connectivity index (χ2v) is 3.58. The third-order valence-electron chi connectivity index (χ3n) is 2.55. The number of rotatable bonds is 3. The number of methoxy groups -OCH3 is 1. The van der Waals surface area contributed by atoms with Gasteiger partial charge in [-0.1, -0.05) is 12.1 Å². The van der Waals surface area contributed by atoms with Crippen LogP contribution in [0.5, 0.6) is 5.75 Å². The van der Waals surface area contributed by atoms with E-state index >= 15 is 0 Å². The van der Waals surface area contributed by atoms with Gasteiger partial charge in [-0.15, -0.1) is 5.10 Å². The summed E-state index contributed by atoms with van der Waals surface area (Å²) < 4.78 is 11.0. The van der Waals surface area contributed by atoms with Crippen LogP contribution >= 0.6 is 0 Å². The molecule has 1 atom stereocenters. The lowest BCUT2D eigenvalue weighted by Gasteiger charge is -2.28. The van der Waals surface area contributed by atoms with Gasteiger partial charge in [0, 0.05) is 6.92 Å². The lowest BCUT2D eigenvalue weighted by atomic mass is 10.0. The van der Waals surface area contributed by atoms with E-state index in [9.17, 15) is 0 Å². The van der Waals surface area contributed by atoms with Gasteiger partial charge in [0.2, 0.25) is 11.6 Å². The van der Waals surface area contributed by atoms with Crippen molar-refractivity contribution in [3.8, 4) is 5.75 Å². The maximum Gasteiger partial charge on any atom is 0.238 e. The van der Waals surface area contributed by atoms with Gasteiger partial charge in [0.25, 0.3) is 0 Å². The van der Waals surface area contributed by atoms with Crippen LogP contribution in [0.15, 0.2) is 29.4 Å². The number of hydrazone groups is 1. The highest BCUT2D eigenvalue weighted by atomic mass is 16.5. The summed E-state index contributed by atoms with van der Waals surface area (Å²) >= 11 is 0. The third-order valence-corrected chi connectivity index (χ3v) is 2.55. The molecule has 0 fully saturated rings. The number of nitrogens with one attached hydrogen (secondary N) is 1. The minimum Gasteiger partial charge on any atom is -0.496 e. The number of para-hydroxylation sites is 1. The first-order chi connectivity index (χ1) is 7.72. The van der Waals surface area contributed by atoms with Crippen molar-refractivity contribution in [2.24, 2.45) is 10.8 Å². The highest BCUT2D eigenvalue weighted by Crippen LogP contribution is 2.32. The first-order valence-electron chi connectivity index (χ1n) is 5.06. The molecule has 0 amide bonds. The molecule has 86 valence electrons. The fourth-order valence-corrected chi connectivity index (χ4v) is 1.76. The fraction of sp³-hybridized carbons (Fsp3) is 0.364. The third kappa shape index (κ3) is 1.59. The maximum absolute atomic E-state index is 5.77. The molecule has 0 aliphatic carbocycles. The summed E-state index contributed by atoms with van der Waals surface area (Å²) in [4.78, 5) is 0. The SMILES string of the molecule is COc1ccccc1[C@@]1(CN)NN=C(C)O1. The van der Waals surface area contributed by atoms with Crippen molar-refractivity contribution in [3.05, 3.63) is 29.8 Å². The summed E-state index contributed by atoms with van der Waals surface area (Å²) in [6.45, 7) is 2.05. The van der Waals surface area contributed by atoms with E-state index in [0.29, 0.717) is 5.90 Å². The second-order valence-electron chi connectivity index (χ2n) is 3.58. The lowest BCUT2D eigenvalue weighted by Crippen LogP contribution is -2.45. The van der Waals surface area contributed by atoms with E-state index in [4.69, 9.17) is 15.2 Å². The van der Waals surface area contributed by atoms with Gasteiger partial charge in [-0.2, -0.15) is 0 Å². The van der Waals surface area contributed by atoms with Crippen LogP contribution in [0.2, 0.25) is 0 Å². The van der Waals surface area contributed by atoms with Crippen molar-refractivity contribution >= 4 is 5.90 Å². The zero-order chi connectivity index (χ0) is 11.6. The largest absolute Gasteiger partial charge is 0.496 e. The standard InChI is InChI=1S/C11H15N3O2/c1-8-13-14-11(7-12,16-8)9-5-3-4-6-10(9)15-2/h3-6,14H,7,12H2,1-2H3/t11-/m0/s1. The van der Waals surface area contributed by atoms with Crippen molar-refractivity contribution in [1.82, 2.24) is 5.43 Å². The minimum absolute atomic E-state index is 0.272. The smallest absolute Gasteiger partial charge is 0.238 e. The normalized spacial score (nSPS) is 23.3. The molecule has 3 N–H and O–H groups in total. The van der Waals surface area contributed by atoms with Crippen LogP contribution in [0.25, 0.3) is 0 Å². The van der Waals surface area contributed by atoms with E-state index < -0.39 is 5.72 Å². The summed E-state index contributed by atoms with van der Waals surface area (Å²) in [5.41, 5.74) is 8.73. The highest BCUT2D eigenvalue weighted by molar-refractivity contribution is 5.75. The fourth-order valence-electron chi connectivity index (χ4n) is 1.76. The van der Waals surface area contributed by atoms with Crippen LogP contribution in [-0.2, 0) is 10.5 Å². The monoisotopic (exact) mass is 221 g/mol. The molecule has 0 saturated heterocycles. The quantitative estimate of drug-likeness (QED) is 0.790. The molecule has 1 heterocycles. The van der Waals surface area contributed by atoms with Crippen molar-refractivity contribution in [3.63, 3.8) is 0 Å². The Hall–Kier alpha value is -1.75. The number of hydrogen-bond acceptors (Lipinski definition) is 5. The Morgan fingerprint density at radius 3 is 2.81 bits per heavy atom. The molecule has 0 spiro atoms. The van der Waals surface area contributed by atoms with Gasteiger partial charge in [-0.05, 0) is 12.1 Å². The number of hydrogen-bond donors (Lipinski definition) is 2. The number of ether oxygens (including phenoxy) is 2. The number of nitrogens with zero attached hydrogens (tertiary/aromatic N) is 1. The number of benzene rings is 1. The van der Waals surface area contributed by atoms with Gasteiger partial charge in [0.1, 0.15) is 5.75 Å². The van der Waals surface area contributed by atoms with E-state index in [1.165, 1.54) is 0 Å². The van der Waals surface area contributed by atoms with E-state index in [-0.39, 0.29) is 6.54 Å². The van der Waals surface area contributed by atoms with Crippen LogP contribution in [0.3, 0.4) is 0 Å². The van der Waals surface area contributed by atoms with Crippen molar-refractivity contribution in [1.29, 1.82) is 0 Å². The molecule has 0 unspecified atom stereocenters. The Bertz CT molecular complexity index is 419. The van der Waals surface area contributed by atoms with Gasteiger partial charge < -0.3 is 15.2 Å². The molecule has 1 aliphatic heterocycles. The average molecular weight is 221 g/mol. The van der Waals surface area contributed by atoms with Gasteiger partial charge in [0.05, 0.1) is 19.2 Å². The Balaban J connectivity index is 2.42. The van der Waals surface area contributed by atoms with E-state index in [2.05, 4.69) is 10.5 Å². The summed E-state index contributed by atoms with van der Waals surface area (Å²) in [5, 5.41) is 4.02. The Labute approximate surface area is 94.2 Å². The van der Waals surface area contributed by atoms with Crippen LogP contribution < -0.4 is 15.9 Å². The lowest BCUT2D eigenvalue weighted by molar-refractivity contribution is 0.0513. The first-order valence-corrected chi connectivity index (χ1v) is 5.06. The molecule has 5 nitrogen and oxygen atoms in total. The highest BCUT2D eigenvalue weighted by Gasteiger charge is 2.39. The molecule has 0 radical (unpaired) electrons. The summed E-state index contributed by atoms with van der Waals surface area (Å²) in [5.74, 6) is 1.29. The Morgan fingerprint density at radius 1 is 1.50 bits per heavy atom. The average Bonchev–Trinajstić information content (AvgIpc) is 2.72. The molecule has 0 bridgehead atoms. The molecule has 1 aliphatic rings. The summed E-state index contributed by atoms with van der Waals surface area (Å²) in [6.07, 6.45) is 0. The molecule has 16 heavy (non-hydrogen) atoms. The van der Waals surface area contributed by atoms with Crippen molar-refractivity contribution in [2.75, 3.05) is 13.7 Å². The zero-order valence-electron chi connectivity index (χ0n) is 9.36. The minimum atomic E-state index is -0.809. The second kappa shape index (κ2) is 4.02. The summed E-state index contributed by atoms with van der Waals surface area (Å²) in [7, 11) is 1.62. The topological polar surface area (TPSA) is 68.9 Å². The molecule has 1 aromatic carbocycles. The van der Waals surface area contributed by atoms with Gasteiger partial charge in [0.15, 0.2) is 0 Å². The van der Waals surface area contributed by atoms with Crippen LogP contribution in [-0.4, -0.2) is 19.6 Å². The van der Waals surface area contributed by atoms with E-state index in [0.717, 1.165) is 11.3 Å². The first kappa shape index (κ1) is 10.8. The van der Waals surface area contributed by atoms with E-state index in [1.807, 2.05) is 24.3 Å². The molecule has 0 saturated carbocycles. The molecule has 0 aromatic heterocycles. The predicted octanol–water partition coefficient (Wildman–Crippen LogP) is 0.760. The van der Waals surface area contributed by atoms with Gasteiger partial charge in [-0.3, -0.25) is 5.43 Å². The molecular weight excluding hydrogens is 206 g/mol. The zero-order valence-corrected chi connectivity index (χ0v) is 9.36. The maximum atomic E-state index is 5.77. The van der Waals surface area contributed by atoms with Gasteiger partial charge in [-0.25, -0.2) is 0 Å². The molecule has 1 aromatic rings. The Kier molecular flexibility index (Phi) is 2.70. The Morgan fingerprint density at radius 2 is 2.25 bits per heavy atom. The van der Waals surface area contributed by atoms with Gasteiger partial charge >= 0.3 is 0 Å². The van der Waals surface area contributed by atoms with Crippen LogP contribution in [0.4, 0.5) is 0 Å². The predicted molar refractivity (Wildman–Crippen MR) is 61.1 cm³/mol. The van der Waals surface area contributed by atoms with Crippen molar-refractivity contribution < 1.29 is 9.47 Å². The molecule has 2 rings (SSSR count). The number of nitrogens with two attached hydrogens (primary N) is 1. The molecule has 5 heteroatoms. The summed E-state index contributed by atoms with van der Waals surface area (Å²) in [6, 6.07) is 7.58. The van der Waals surface area contributed by atoms with Crippen LogP contribution in [0.1, 0.15) is 12.5 Å². The van der Waals surface area contributed by atoms with Crippen molar-refractivity contribution in [2.45, 2.75) is 12.6 Å². The van der Waals surface area contributed by atoms with Crippen LogP contribution in [0, 0.1) is 0 Å². The molecular formula is C11H15N3O2.